The van der Waals surface area contributed by atoms with Crippen LogP contribution in [0.4, 0.5) is 0 Å². The van der Waals surface area contributed by atoms with Gasteiger partial charge in [-0.25, -0.2) is 0 Å². The first kappa shape index (κ1) is 13.4. The van der Waals surface area contributed by atoms with E-state index in [1.165, 1.54) is 0 Å². The van der Waals surface area contributed by atoms with Gasteiger partial charge in [0, 0.05) is 13.6 Å². The van der Waals surface area contributed by atoms with Crippen LogP contribution in [0.1, 0.15) is 27.2 Å². The summed E-state index contributed by atoms with van der Waals surface area (Å²) in [6.45, 7) is 6.71. The molecule has 0 heterocycles. The van der Waals surface area contributed by atoms with Gasteiger partial charge < -0.3 is 10.6 Å². The quantitative estimate of drug-likeness (QED) is 0.707. The molecule has 1 amide bonds. The van der Waals surface area contributed by atoms with E-state index in [0.717, 1.165) is 13.0 Å². The van der Waals surface area contributed by atoms with Gasteiger partial charge >= 0.3 is 0 Å². The van der Waals surface area contributed by atoms with Crippen LogP contribution in [0.2, 0.25) is 0 Å². The summed E-state index contributed by atoms with van der Waals surface area (Å²) in [6, 6.07) is 0. The third-order valence-corrected chi connectivity index (χ3v) is 2.43. The van der Waals surface area contributed by atoms with Crippen molar-refractivity contribution in [1.29, 1.82) is 0 Å². The second-order valence-electron chi connectivity index (χ2n) is 3.88. The van der Waals surface area contributed by atoms with Crippen LogP contribution in [0.3, 0.4) is 0 Å². The Kier molecular flexibility index (Phi) is 5.69. The predicted molar refractivity (Wildman–Crippen MR) is 63.0 cm³/mol. The van der Waals surface area contributed by atoms with Crippen molar-refractivity contribution in [1.82, 2.24) is 4.90 Å². The van der Waals surface area contributed by atoms with Crippen molar-refractivity contribution in [3.63, 3.8) is 0 Å². The Labute approximate surface area is 91.6 Å². The molecule has 14 heavy (non-hydrogen) atoms. The third-order valence-electron chi connectivity index (χ3n) is 2.17. The summed E-state index contributed by atoms with van der Waals surface area (Å²) < 4.78 is 0. The maximum atomic E-state index is 11.9. The highest BCUT2D eigenvalue weighted by molar-refractivity contribution is 7.80. The fourth-order valence-electron chi connectivity index (χ4n) is 1.42. The molecule has 1 unspecified atom stereocenters. The molecule has 0 saturated heterocycles. The highest BCUT2D eigenvalue weighted by Gasteiger charge is 2.27. The number of carbonyl (C=O) groups is 1. The number of carbonyl (C=O) groups excluding carboxylic acids is 1. The van der Waals surface area contributed by atoms with E-state index in [-0.39, 0.29) is 17.7 Å². The molecule has 0 bridgehead atoms. The van der Waals surface area contributed by atoms with Crippen LogP contribution in [0, 0.1) is 11.8 Å². The number of hydrogen-bond donors (Lipinski definition) is 1. The summed E-state index contributed by atoms with van der Waals surface area (Å²) in [7, 11) is 1.79. The van der Waals surface area contributed by atoms with Crippen LogP contribution < -0.4 is 5.73 Å². The topological polar surface area (TPSA) is 46.3 Å². The average Bonchev–Trinajstić information content (AvgIpc) is 2.03. The maximum absolute atomic E-state index is 11.9. The summed E-state index contributed by atoms with van der Waals surface area (Å²) in [4.78, 5) is 13.9. The molecule has 0 aromatic carbocycles. The average molecular weight is 216 g/mol. The molecule has 0 aliphatic rings. The molecule has 0 fully saturated rings. The molecule has 0 spiro atoms. The van der Waals surface area contributed by atoms with Crippen LogP contribution in [0.25, 0.3) is 0 Å². The third kappa shape index (κ3) is 3.62. The lowest BCUT2D eigenvalue weighted by molar-refractivity contribution is -0.133. The van der Waals surface area contributed by atoms with Crippen molar-refractivity contribution >= 4 is 23.1 Å². The van der Waals surface area contributed by atoms with Crippen LogP contribution in [-0.2, 0) is 4.79 Å². The molecular weight excluding hydrogens is 196 g/mol. The highest BCUT2D eigenvalue weighted by Crippen LogP contribution is 2.14. The molecule has 0 rings (SSSR count). The van der Waals surface area contributed by atoms with Gasteiger partial charge in [0.2, 0.25) is 5.91 Å². The molecular formula is C10H20N2OS. The van der Waals surface area contributed by atoms with Gasteiger partial charge in [-0.1, -0.05) is 33.0 Å². The summed E-state index contributed by atoms with van der Waals surface area (Å²) >= 11 is 4.90. The first-order valence-corrected chi connectivity index (χ1v) is 5.36. The Morgan fingerprint density at radius 1 is 1.50 bits per heavy atom. The van der Waals surface area contributed by atoms with E-state index < -0.39 is 0 Å². The van der Waals surface area contributed by atoms with E-state index in [9.17, 15) is 4.79 Å². The minimum atomic E-state index is -0.318. The molecule has 2 N–H and O–H groups in total. The molecule has 0 radical (unpaired) electrons. The van der Waals surface area contributed by atoms with Gasteiger partial charge in [-0.3, -0.25) is 4.79 Å². The maximum Gasteiger partial charge on any atom is 0.232 e. The van der Waals surface area contributed by atoms with E-state index in [1.54, 1.807) is 11.9 Å². The Morgan fingerprint density at radius 3 is 2.29 bits per heavy atom. The van der Waals surface area contributed by atoms with E-state index >= 15 is 0 Å². The minimum Gasteiger partial charge on any atom is -0.393 e. The number of nitrogens with zero attached hydrogens (tertiary/aromatic N) is 1. The Morgan fingerprint density at radius 2 is 2.00 bits per heavy atom. The zero-order valence-corrected chi connectivity index (χ0v) is 10.2. The summed E-state index contributed by atoms with van der Waals surface area (Å²) in [5.41, 5.74) is 5.56. The lowest BCUT2D eigenvalue weighted by Crippen LogP contribution is -2.42. The Bertz CT molecular complexity index is 216. The second kappa shape index (κ2) is 5.96. The van der Waals surface area contributed by atoms with Crippen molar-refractivity contribution in [2.75, 3.05) is 13.6 Å². The van der Waals surface area contributed by atoms with Crippen molar-refractivity contribution in [3.05, 3.63) is 0 Å². The van der Waals surface area contributed by atoms with Gasteiger partial charge in [-0.2, -0.15) is 0 Å². The fraction of sp³-hybridized carbons (Fsp3) is 0.800. The number of thiocarbonyl (C=S) groups is 1. The van der Waals surface area contributed by atoms with E-state index in [4.69, 9.17) is 18.0 Å². The summed E-state index contributed by atoms with van der Waals surface area (Å²) in [6.07, 6.45) is 0.949. The predicted octanol–water partition coefficient (Wildman–Crippen LogP) is 1.41. The number of hydrogen-bond acceptors (Lipinski definition) is 2. The Balaban J connectivity index is 4.52. The van der Waals surface area contributed by atoms with E-state index in [0.29, 0.717) is 4.99 Å². The van der Waals surface area contributed by atoms with Crippen molar-refractivity contribution < 1.29 is 4.79 Å². The zero-order valence-electron chi connectivity index (χ0n) is 9.41. The van der Waals surface area contributed by atoms with Crippen LogP contribution >= 0.6 is 12.2 Å². The molecule has 0 aliphatic heterocycles. The molecule has 0 saturated carbocycles. The van der Waals surface area contributed by atoms with Crippen molar-refractivity contribution in [2.24, 2.45) is 17.6 Å². The molecule has 1 atom stereocenters. The highest BCUT2D eigenvalue weighted by atomic mass is 32.1. The minimum absolute atomic E-state index is 0.0364. The number of amides is 1. The fourth-order valence-corrected chi connectivity index (χ4v) is 1.79. The number of rotatable bonds is 5. The van der Waals surface area contributed by atoms with Gasteiger partial charge in [0.15, 0.2) is 0 Å². The van der Waals surface area contributed by atoms with Gasteiger partial charge in [-0.15, -0.1) is 0 Å². The molecule has 82 valence electrons. The normalized spacial score (nSPS) is 12.6. The molecule has 0 aromatic heterocycles. The first-order valence-electron chi connectivity index (χ1n) is 4.96. The standard InChI is InChI=1S/C10H20N2OS/c1-5-6-12(4)10(13)8(7(2)3)9(11)14/h7-8H,5-6H2,1-4H3,(H2,11,14). The van der Waals surface area contributed by atoms with Crippen molar-refractivity contribution in [3.8, 4) is 0 Å². The van der Waals surface area contributed by atoms with E-state index in [1.807, 2.05) is 20.8 Å². The zero-order chi connectivity index (χ0) is 11.3. The lowest BCUT2D eigenvalue weighted by Gasteiger charge is -2.25. The smallest absolute Gasteiger partial charge is 0.232 e. The first-order chi connectivity index (χ1) is 6.41. The van der Waals surface area contributed by atoms with Gasteiger partial charge in [-0.05, 0) is 12.3 Å². The monoisotopic (exact) mass is 216 g/mol. The van der Waals surface area contributed by atoms with Crippen molar-refractivity contribution in [2.45, 2.75) is 27.2 Å². The largest absolute Gasteiger partial charge is 0.393 e. The molecule has 0 aliphatic carbocycles. The van der Waals surface area contributed by atoms with Crippen LogP contribution in [0.5, 0.6) is 0 Å². The molecule has 4 heteroatoms. The summed E-state index contributed by atoms with van der Waals surface area (Å²) in [5.74, 6) is -0.116. The molecule has 3 nitrogen and oxygen atoms in total. The van der Waals surface area contributed by atoms with Gasteiger partial charge in [0.05, 0.1) is 10.9 Å². The Hall–Kier alpha value is -0.640. The number of nitrogens with two attached hydrogens (primary N) is 1. The summed E-state index contributed by atoms with van der Waals surface area (Å²) in [5, 5.41) is 0. The van der Waals surface area contributed by atoms with Crippen LogP contribution in [-0.4, -0.2) is 29.4 Å². The second-order valence-corrected chi connectivity index (χ2v) is 4.36. The van der Waals surface area contributed by atoms with E-state index in [2.05, 4.69) is 0 Å². The lowest BCUT2D eigenvalue weighted by atomic mass is 9.94. The SMILES string of the molecule is CCCN(C)C(=O)C(C(N)=S)C(C)C. The van der Waals surface area contributed by atoms with Crippen LogP contribution in [0.15, 0.2) is 0 Å². The molecule has 0 aromatic rings. The van der Waals surface area contributed by atoms with Gasteiger partial charge in [0.1, 0.15) is 0 Å². The van der Waals surface area contributed by atoms with Gasteiger partial charge in [0.25, 0.3) is 0 Å².